The van der Waals surface area contributed by atoms with Crippen LogP contribution < -0.4 is 20.2 Å². The molecule has 0 atom stereocenters. The lowest BCUT2D eigenvalue weighted by atomic mass is 10.3. The van der Waals surface area contributed by atoms with Crippen molar-refractivity contribution in [2.45, 2.75) is 26.2 Å². The topological polar surface area (TPSA) is 6.48 Å². The zero-order chi connectivity index (χ0) is 23.5. The van der Waals surface area contributed by atoms with Crippen molar-refractivity contribution in [3.05, 3.63) is 95.4 Å². The van der Waals surface area contributed by atoms with Gasteiger partial charge >= 0.3 is 0 Å². The molecule has 0 radical (unpaired) electrons. The third-order valence-electron chi connectivity index (χ3n) is 6.67. The number of allylic oxidation sites excluding steroid dienone is 8. The first kappa shape index (κ1) is 24.1. The molecule has 2 aromatic rings. The first-order valence-corrected chi connectivity index (χ1v) is 17.4. The molecule has 2 aromatic carbocycles. The Kier molecular flexibility index (Phi) is 7.16. The average molecular weight is 459 g/mol. The molecule has 0 fully saturated rings. The molecule has 0 saturated heterocycles. The summed E-state index contributed by atoms with van der Waals surface area (Å²) < 4.78 is 0. The van der Waals surface area contributed by atoms with Gasteiger partial charge in [-0.15, -0.1) is 0 Å². The molecule has 0 aliphatic heterocycles. The Morgan fingerprint density at radius 1 is 0.531 bits per heavy atom. The van der Waals surface area contributed by atoms with E-state index in [2.05, 4.69) is 149 Å². The van der Waals surface area contributed by atoms with Gasteiger partial charge in [-0.2, -0.15) is 0 Å². The third kappa shape index (κ3) is 4.76. The van der Waals surface area contributed by atoms with Crippen LogP contribution in [0.2, 0.25) is 26.2 Å². The van der Waals surface area contributed by atoms with E-state index in [1.54, 1.807) is 0 Å². The van der Waals surface area contributed by atoms with E-state index in [0.29, 0.717) is 0 Å². The zero-order valence-corrected chi connectivity index (χ0v) is 23.0. The van der Waals surface area contributed by atoms with E-state index in [-0.39, 0.29) is 0 Å². The smallest absolute Gasteiger partial charge is 0.114 e. The summed E-state index contributed by atoms with van der Waals surface area (Å²) in [5.74, 6) is 0. The van der Waals surface area contributed by atoms with Crippen LogP contribution in [0.4, 0.5) is 11.4 Å². The van der Waals surface area contributed by atoms with Crippen LogP contribution in [0.3, 0.4) is 0 Å². The summed E-state index contributed by atoms with van der Waals surface area (Å²) in [6.45, 7) is 9.87. The number of hydrogen-bond donors (Lipinski definition) is 0. The average Bonchev–Trinajstić information content (AvgIpc) is 2.73. The maximum absolute atomic E-state index is 2.47. The minimum absolute atomic E-state index is 1.33. The molecule has 0 spiro atoms. The molecular weight excluding hydrogens is 420 g/mol. The lowest BCUT2D eigenvalue weighted by Gasteiger charge is -2.31. The highest BCUT2D eigenvalue weighted by Gasteiger charge is 2.32. The standard InChI is InChI=1S/C28H38N2Si2/c1-29(2)25-17-11-13-19-27(25)31(5,6)23-15-9-10-16-24(22-21-23)32(7,8)28-20-14-12-18-26(28)30(3)4/h9-22H,1-8H3/b10-9?,15-9-,16-10-,22-21?,23-15?,23-21+,24-16?,24-22+. The normalized spacial score (nSPS) is 19.6. The van der Waals surface area contributed by atoms with Crippen molar-refractivity contribution >= 4 is 37.9 Å². The van der Waals surface area contributed by atoms with Crippen molar-refractivity contribution in [2.24, 2.45) is 0 Å². The molecular formula is C28H38N2Si2. The lowest BCUT2D eigenvalue weighted by molar-refractivity contribution is 1.14. The number of benzene rings is 2. The molecule has 0 N–H and O–H groups in total. The second-order valence-electron chi connectivity index (χ2n) is 10.0. The van der Waals surface area contributed by atoms with E-state index in [1.165, 1.54) is 32.1 Å². The van der Waals surface area contributed by atoms with Gasteiger partial charge < -0.3 is 9.80 Å². The van der Waals surface area contributed by atoms with Crippen molar-refractivity contribution in [2.75, 3.05) is 38.0 Å². The summed E-state index contributed by atoms with van der Waals surface area (Å²) in [5.41, 5.74) is 2.66. The predicted molar refractivity (Wildman–Crippen MR) is 150 cm³/mol. The number of nitrogens with zero attached hydrogens (tertiary/aromatic N) is 2. The number of para-hydroxylation sites is 2. The molecule has 0 heterocycles. The Balaban J connectivity index is 2.09. The zero-order valence-electron chi connectivity index (χ0n) is 21.0. The molecule has 0 unspecified atom stereocenters. The molecule has 4 heteroatoms. The molecule has 3 rings (SSSR count). The highest BCUT2D eigenvalue weighted by atomic mass is 28.3. The van der Waals surface area contributed by atoms with Crippen LogP contribution in [-0.2, 0) is 0 Å². The van der Waals surface area contributed by atoms with Crippen LogP contribution in [0.25, 0.3) is 0 Å². The number of anilines is 2. The first-order valence-electron chi connectivity index (χ1n) is 11.4. The third-order valence-corrected chi connectivity index (χ3v) is 13.8. The molecule has 32 heavy (non-hydrogen) atoms. The second kappa shape index (κ2) is 9.51. The summed E-state index contributed by atoms with van der Waals surface area (Å²) in [6.07, 6.45) is 13.9. The summed E-state index contributed by atoms with van der Waals surface area (Å²) in [7, 11) is 4.81. The predicted octanol–water partition coefficient (Wildman–Crippen LogP) is 5.41. The van der Waals surface area contributed by atoms with Gasteiger partial charge in [0.15, 0.2) is 0 Å². The highest BCUT2D eigenvalue weighted by molar-refractivity contribution is 6.98. The maximum Gasteiger partial charge on any atom is 0.114 e. The Hall–Kier alpha value is -2.57. The Morgan fingerprint density at radius 2 is 0.875 bits per heavy atom. The first-order chi connectivity index (χ1) is 15.1. The molecule has 0 amide bonds. The second-order valence-corrected chi connectivity index (χ2v) is 18.8. The van der Waals surface area contributed by atoms with Gasteiger partial charge in [-0.1, -0.05) is 109 Å². The largest absolute Gasteiger partial charge is 0.378 e. The van der Waals surface area contributed by atoms with Crippen molar-refractivity contribution in [3.8, 4) is 0 Å². The quantitative estimate of drug-likeness (QED) is 0.534. The van der Waals surface area contributed by atoms with Gasteiger partial charge in [0.05, 0.1) is 0 Å². The maximum atomic E-state index is 2.47. The van der Waals surface area contributed by atoms with Crippen molar-refractivity contribution in [3.63, 3.8) is 0 Å². The van der Waals surface area contributed by atoms with Gasteiger partial charge in [0.1, 0.15) is 16.1 Å². The lowest BCUT2D eigenvalue weighted by Crippen LogP contribution is -2.46. The van der Waals surface area contributed by atoms with Crippen LogP contribution in [0.1, 0.15) is 0 Å². The van der Waals surface area contributed by atoms with Crippen molar-refractivity contribution in [1.82, 2.24) is 0 Å². The van der Waals surface area contributed by atoms with E-state index in [9.17, 15) is 0 Å². The van der Waals surface area contributed by atoms with Gasteiger partial charge in [-0.3, -0.25) is 0 Å². The van der Waals surface area contributed by atoms with Crippen LogP contribution in [0.15, 0.2) is 95.4 Å². The van der Waals surface area contributed by atoms with Gasteiger partial charge in [0, 0.05) is 39.6 Å². The fraction of sp³-hybridized carbons (Fsp3) is 0.286. The molecule has 0 aromatic heterocycles. The van der Waals surface area contributed by atoms with E-state index >= 15 is 0 Å². The fourth-order valence-corrected chi connectivity index (χ4v) is 10.1. The molecule has 1 aliphatic rings. The van der Waals surface area contributed by atoms with Crippen LogP contribution in [-0.4, -0.2) is 44.3 Å². The summed E-state index contributed by atoms with van der Waals surface area (Å²) in [6, 6.07) is 17.8. The Bertz CT molecular complexity index is 999. The molecule has 0 bridgehead atoms. The van der Waals surface area contributed by atoms with Crippen molar-refractivity contribution in [1.29, 1.82) is 0 Å². The SMILES string of the molecule is CN(C)c1ccccc1[Si](C)(C)C1=C/C=C([Si](C)(C)c2ccccc2N(C)C)\C=C/C=C\1. The van der Waals surface area contributed by atoms with E-state index in [1.807, 2.05) is 0 Å². The van der Waals surface area contributed by atoms with Gasteiger partial charge in [-0.05, 0) is 22.5 Å². The van der Waals surface area contributed by atoms with Crippen molar-refractivity contribution < 1.29 is 0 Å². The van der Waals surface area contributed by atoms with Gasteiger partial charge in [0.25, 0.3) is 0 Å². The molecule has 2 nitrogen and oxygen atoms in total. The van der Waals surface area contributed by atoms with E-state index < -0.39 is 16.1 Å². The Labute approximate surface area is 197 Å². The molecule has 168 valence electrons. The molecule has 0 saturated carbocycles. The number of hydrogen-bond acceptors (Lipinski definition) is 2. The van der Waals surface area contributed by atoms with Crippen LogP contribution >= 0.6 is 0 Å². The summed E-state index contributed by atoms with van der Waals surface area (Å²) in [4.78, 5) is 4.49. The van der Waals surface area contributed by atoms with Gasteiger partial charge in [-0.25, -0.2) is 0 Å². The Morgan fingerprint density at radius 3 is 1.22 bits per heavy atom. The van der Waals surface area contributed by atoms with Gasteiger partial charge in [0.2, 0.25) is 0 Å². The molecule has 1 aliphatic carbocycles. The minimum atomic E-state index is -1.88. The highest BCUT2D eigenvalue weighted by Crippen LogP contribution is 2.26. The fourth-order valence-electron chi connectivity index (χ4n) is 4.54. The monoisotopic (exact) mass is 458 g/mol. The summed E-state index contributed by atoms with van der Waals surface area (Å²) >= 11 is 0. The number of rotatable bonds is 6. The summed E-state index contributed by atoms with van der Waals surface area (Å²) in [5, 5.41) is 5.88. The van der Waals surface area contributed by atoms with E-state index in [0.717, 1.165) is 0 Å². The van der Waals surface area contributed by atoms with E-state index in [4.69, 9.17) is 0 Å². The van der Waals surface area contributed by atoms with Crippen LogP contribution in [0.5, 0.6) is 0 Å². The van der Waals surface area contributed by atoms with Crippen LogP contribution in [0, 0.1) is 0 Å². The minimum Gasteiger partial charge on any atom is -0.378 e.